The van der Waals surface area contributed by atoms with Crippen LogP contribution in [0.4, 0.5) is 9.52 Å². The molecule has 4 rings (SSSR count). The first-order chi connectivity index (χ1) is 12.6. The number of benzene rings is 1. The molecule has 7 nitrogen and oxygen atoms in total. The Hall–Kier alpha value is -2.07. The van der Waals surface area contributed by atoms with Crippen LogP contribution in [0.3, 0.4) is 0 Å². The number of rotatable bonds is 4. The van der Waals surface area contributed by atoms with Crippen LogP contribution in [0.2, 0.25) is 0 Å². The standard InChI is InChI=1S/C16H15BrFN5O2S/c1-9-19-14(22-25-9)15-20-21-16(26-15)23-6-4-11(5-7-23)24-13-8-10(18)2-3-12(13)17/h2-3,8,11H,4-7H2,1H3. The molecule has 0 N–H and O–H groups in total. The average Bonchev–Trinajstić information content (AvgIpc) is 3.28. The van der Waals surface area contributed by atoms with Crippen molar-refractivity contribution in [2.75, 3.05) is 18.0 Å². The van der Waals surface area contributed by atoms with E-state index in [4.69, 9.17) is 9.26 Å². The molecule has 10 heteroatoms. The van der Waals surface area contributed by atoms with Crippen LogP contribution in [0.5, 0.6) is 5.75 Å². The van der Waals surface area contributed by atoms with Gasteiger partial charge in [-0.15, -0.1) is 10.2 Å². The number of anilines is 1. The van der Waals surface area contributed by atoms with Gasteiger partial charge in [-0.3, -0.25) is 0 Å². The van der Waals surface area contributed by atoms with Gasteiger partial charge in [0.15, 0.2) is 5.01 Å². The molecule has 0 saturated carbocycles. The summed E-state index contributed by atoms with van der Waals surface area (Å²) >= 11 is 4.83. The van der Waals surface area contributed by atoms with Crippen LogP contribution in [0.15, 0.2) is 27.2 Å². The van der Waals surface area contributed by atoms with Crippen LogP contribution >= 0.6 is 27.3 Å². The number of aromatic nitrogens is 4. The van der Waals surface area contributed by atoms with Gasteiger partial charge in [0, 0.05) is 38.9 Å². The second-order valence-electron chi connectivity index (χ2n) is 5.91. The zero-order valence-corrected chi connectivity index (χ0v) is 16.3. The summed E-state index contributed by atoms with van der Waals surface area (Å²) in [5.74, 6) is 1.19. The Labute approximate surface area is 161 Å². The fourth-order valence-electron chi connectivity index (χ4n) is 2.73. The van der Waals surface area contributed by atoms with Gasteiger partial charge >= 0.3 is 0 Å². The van der Waals surface area contributed by atoms with Gasteiger partial charge in [0.1, 0.15) is 17.7 Å². The van der Waals surface area contributed by atoms with Gasteiger partial charge in [-0.05, 0) is 28.1 Å². The molecule has 0 aliphatic carbocycles. The summed E-state index contributed by atoms with van der Waals surface area (Å²) in [6, 6.07) is 4.46. The Balaban J connectivity index is 1.38. The Morgan fingerprint density at radius 3 is 2.85 bits per heavy atom. The number of hydrogen-bond donors (Lipinski definition) is 0. The quantitative estimate of drug-likeness (QED) is 0.610. The highest BCUT2D eigenvalue weighted by molar-refractivity contribution is 9.10. The van der Waals surface area contributed by atoms with E-state index < -0.39 is 0 Å². The zero-order valence-electron chi connectivity index (χ0n) is 13.9. The smallest absolute Gasteiger partial charge is 0.233 e. The van der Waals surface area contributed by atoms with E-state index in [0.29, 0.717) is 22.5 Å². The maximum absolute atomic E-state index is 13.4. The zero-order chi connectivity index (χ0) is 18.1. The van der Waals surface area contributed by atoms with E-state index in [2.05, 4.69) is 41.2 Å². The Morgan fingerprint density at radius 1 is 1.31 bits per heavy atom. The number of nitrogens with zero attached hydrogens (tertiary/aromatic N) is 5. The topological polar surface area (TPSA) is 77.2 Å². The molecule has 0 bridgehead atoms. The number of halogens is 2. The van der Waals surface area contributed by atoms with E-state index in [9.17, 15) is 4.39 Å². The van der Waals surface area contributed by atoms with Crippen LogP contribution in [-0.4, -0.2) is 39.5 Å². The van der Waals surface area contributed by atoms with E-state index >= 15 is 0 Å². The van der Waals surface area contributed by atoms with E-state index in [1.54, 1.807) is 13.0 Å². The van der Waals surface area contributed by atoms with Crippen LogP contribution in [-0.2, 0) is 0 Å². The van der Waals surface area contributed by atoms with Crippen LogP contribution < -0.4 is 9.64 Å². The highest BCUT2D eigenvalue weighted by atomic mass is 79.9. The van der Waals surface area contributed by atoms with E-state index in [-0.39, 0.29) is 11.9 Å². The van der Waals surface area contributed by atoms with Gasteiger partial charge in [0.2, 0.25) is 16.8 Å². The van der Waals surface area contributed by atoms with Gasteiger partial charge < -0.3 is 14.2 Å². The second-order valence-corrected chi connectivity index (χ2v) is 7.72. The van der Waals surface area contributed by atoms with Gasteiger partial charge in [-0.1, -0.05) is 16.5 Å². The first-order valence-corrected chi connectivity index (χ1v) is 9.70. The van der Waals surface area contributed by atoms with Gasteiger partial charge in [0.05, 0.1) is 4.47 Å². The molecule has 1 fully saturated rings. The van der Waals surface area contributed by atoms with Crippen molar-refractivity contribution in [3.8, 4) is 16.6 Å². The number of ether oxygens (including phenoxy) is 1. The molecule has 2 aromatic heterocycles. The van der Waals surface area contributed by atoms with Crippen molar-refractivity contribution in [3.63, 3.8) is 0 Å². The highest BCUT2D eigenvalue weighted by Crippen LogP contribution is 2.31. The lowest BCUT2D eigenvalue weighted by Crippen LogP contribution is -2.38. The summed E-state index contributed by atoms with van der Waals surface area (Å²) < 4.78 is 25.1. The highest BCUT2D eigenvalue weighted by Gasteiger charge is 2.24. The van der Waals surface area contributed by atoms with Crippen molar-refractivity contribution in [3.05, 3.63) is 34.4 Å². The molecule has 3 aromatic rings. The number of aryl methyl sites for hydroxylation is 1. The molecule has 0 atom stereocenters. The van der Waals surface area contributed by atoms with Gasteiger partial charge in [-0.25, -0.2) is 4.39 Å². The molecule has 0 amide bonds. The molecule has 136 valence electrons. The lowest BCUT2D eigenvalue weighted by atomic mass is 10.1. The minimum Gasteiger partial charge on any atom is -0.489 e. The van der Waals surface area contributed by atoms with Crippen molar-refractivity contribution in [1.82, 2.24) is 20.3 Å². The molecule has 1 aliphatic rings. The molecular formula is C16H15BrFN5O2S. The summed E-state index contributed by atoms with van der Waals surface area (Å²) in [5.41, 5.74) is 0. The Kier molecular flexibility index (Phi) is 4.86. The fourth-order valence-corrected chi connectivity index (χ4v) is 3.89. The Bertz CT molecular complexity index is 910. The molecule has 0 radical (unpaired) electrons. The summed E-state index contributed by atoms with van der Waals surface area (Å²) in [6.45, 7) is 3.31. The van der Waals surface area contributed by atoms with Crippen LogP contribution in [0.1, 0.15) is 18.7 Å². The van der Waals surface area contributed by atoms with E-state index in [1.807, 2.05) is 0 Å². The summed E-state index contributed by atoms with van der Waals surface area (Å²) in [6.07, 6.45) is 1.68. The molecule has 0 unspecified atom stereocenters. The summed E-state index contributed by atoms with van der Waals surface area (Å²) in [5, 5.41) is 13.7. The number of piperidine rings is 1. The molecule has 3 heterocycles. The largest absolute Gasteiger partial charge is 0.489 e. The predicted octanol–water partition coefficient (Wildman–Crippen LogP) is 3.85. The SMILES string of the molecule is Cc1nc(-c2nnc(N3CCC(Oc4cc(F)ccc4Br)CC3)s2)no1. The van der Waals surface area contributed by atoms with Crippen molar-refractivity contribution in [2.24, 2.45) is 0 Å². The molecule has 0 spiro atoms. The van der Waals surface area contributed by atoms with Crippen molar-refractivity contribution in [2.45, 2.75) is 25.9 Å². The second kappa shape index (κ2) is 7.28. The van der Waals surface area contributed by atoms with Crippen molar-refractivity contribution >= 4 is 32.4 Å². The fraction of sp³-hybridized carbons (Fsp3) is 0.375. The van der Waals surface area contributed by atoms with Gasteiger partial charge in [-0.2, -0.15) is 4.98 Å². The van der Waals surface area contributed by atoms with E-state index in [1.165, 1.54) is 23.5 Å². The molecular weight excluding hydrogens is 425 g/mol. The molecule has 1 saturated heterocycles. The summed E-state index contributed by atoms with van der Waals surface area (Å²) in [4.78, 5) is 6.33. The van der Waals surface area contributed by atoms with Gasteiger partial charge in [0.25, 0.3) is 0 Å². The lowest BCUT2D eigenvalue weighted by molar-refractivity contribution is 0.169. The molecule has 26 heavy (non-hydrogen) atoms. The predicted molar refractivity (Wildman–Crippen MR) is 97.9 cm³/mol. The van der Waals surface area contributed by atoms with E-state index in [0.717, 1.165) is 35.5 Å². The average molecular weight is 440 g/mol. The minimum absolute atomic E-state index is 0.0385. The third-order valence-corrected chi connectivity index (χ3v) is 5.67. The molecule has 1 aromatic carbocycles. The third-order valence-electron chi connectivity index (χ3n) is 4.03. The molecule has 1 aliphatic heterocycles. The third kappa shape index (κ3) is 3.70. The summed E-state index contributed by atoms with van der Waals surface area (Å²) in [7, 11) is 0. The van der Waals surface area contributed by atoms with Crippen LogP contribution in [0.25, 0.3) is 10.8 Å². The van der Waals surface area contributed by atoms with Crippen LogP contribution in [0, 0.1) is 12.7 Å². The first-order valence-electron chi connectivity index (χ1n) is 8.09. The normalized spacial score (nSPS) is 15.4. The monoisotopic (exact) mass is 439 g/mol. The maximum atomic E-state index is 13.4. The van der Waals surface area contributed by atoms with Crippen molar-refractivity contribution < 1.29 is 13.7 Å². The minimum atomic E-state index is -0.307. The first kappa shape index (κ1) is 17.3. The van der Waals surface area contributed by atoms with Crippen molar-refractivity contribution in [1.29, 1.82) is 0 Å². The lowest BCUT2D eigenvalue weighted by Gasteiger charge is -2.31. The maximum Gasteiger partial charge on any atom is 0.233 e. The number of hydrogen-bond acceptors (Lipinski definition) is 8. The Morgan fingerprint density at radius 2 is 2.12 bits per heavy atom.